The molecule has 3 aromatic rings. The molecule has 4 rings (SSSR count). The second kappa shape index (κ2) is 7.35. The maximum atomic E-state index is 12.1. The smallest absolute Gasteiger partial charge is 0.250 e. The Kier molecular flexibility index (Phi) is 5.03. The minimum absolute atomic E-state index is 0.163. The molecule has 0 unspecified atom stereocenters. The molecule has 6 nitrogen and oxygen atoms in total. The molecular formula is C20H23N3O3S2. The van der Waals surface area contributed by atoms with E-state index in [0.717, 1.165) is 34.1 Å². The van der Waals surface area contributed by atoms with Gasteiger partial charge in [0, 0.05) is 23.0 Å². The van der Waals surface area contributed by atoms with Gasteiger partial charge in [0.05, 0.1) is 22.6 Å². The van der Waals surface area contributed by atoms with Crippen LogP contribution < -0.4 is 11.1 Å². The Morgan fingerprint density at radius 2 is 2.00 bits per heavy atom. The van der Waals surface area contributed by atoms with Crippen LogP contribution in [0.25, 0.3) is 22.0 Å². The van der Waals surface area contributed by atoms with Crippen molar-refractivity contribution in [1.82, 2.24) is 10.3 Å². The van der Waals surface area contributed by atoms with E-state index in [9.17, 15) is 13.2 Å². The third kappa shape index (κ3) is 3.59. The van der Waals surface area contributed by atoms with Gasteiger partial charge in [0.15, 0.2) is 0 Å². The first-order chi connectivity index (χ1) is 13.4. The Morgan fingerprint density at radius 1 is 1.25 bits per heavy atom. The lowest BCUT2D eigenvalue weighted by Gasteiger charge is -2.21. The summed E-state index contributed by atoms with van der Waals surface area (Å²) in [4.78, 5) is 16.5. The highest BCUT2D eigenvalue weighted by Gasteiger charge is 2.27. The Morgan fingerprint density at radius 3 is 2.68 bits per heavy atom. The molecule has 0 radical (unpaired) electrons. The monoisotopic (exact) mass is 417 g/mol. The lowest BCUT2D eigenvalue weighted by atomic mass is 9.91. The topological polar surface area (TPSA) is 105 Å². The van der Waals surface area contributed by atoms with Gasteiger partial charge in [-0.05, 0) is 66.1 Å². The Balaban J connectivity index is 1.80. The molecule has 1 aliphatic rings. The Bertz CT molecular complexity index is 1130. The molecule has 0 atom stereocenters. The average molecular weight is 418 g/mol. The number of nitrogens with two attached hydrogens (primary N) is 1. The number of sulfone groups is 1. The van der Waals surface area contributed by atoms with Crippen LogP contribution in [0.5, 0.6) is 0 Å². The molecule has 0 bridgehead atoms. The number of aromatic amines is 1. The first kappa shape index (κ1) is 19.2. The maximum Gasteiger partial charge on any atom is 0.250 e. The molecule has 1 aromatic carbocycles. The maximum absolute atomic E-state index is 12.1. The van der Waals surface area contributed by atoms with Crippen LogP contribution in [0.3, 0.4) is 0 Å². The van der Waals surface area contributed by atoms with Crippen molar-refractivity contribution >= 4 is 38.0 Å². The fraction of sp³-hybridized carbons (Fsp3) is 0.350. The van der Waals surface area contributed by atoms with Gasteiger partial charge in [0.1, 0.15) is 9.84 Å². The van der Waals surface area contributed by atoms with Crippen molar-refractivity contribution in [2.24, 2.45) is 5.73 Å². The molecule has 4 N–H and O–H groups in total. The summed E-state index contributed by atoms with van der Waals surface area (Å²) >= 11 is 1.67. The van der Waals surface area contributed by atoms with E-state index in [4.69, 9.17) is 5.73 Å². The number of H-pyrrole nitrogens is 1. The van der Waals surface area contributed by atoms with Crippen molar-refractivity contribution in [3.8, 4) is 11.1 Å². The number of hydrogen-bond donors (Lipinski definition) is 3. The van der Waals surface area contributed by atoms with Gasteiger partial charge in [-0.25, -0.2) is 8.42 Å². The number of aromatic nitrogens is 1. The van der Waals surface area contributed by atoms with Crippen LogP contribution >= 0.6 is 11.3 Å². The number of rotatable bonds is 5. The molecular weight excluding hydrogens is 394 g/mol. The van der Waals surface area contributed by atoms with Crippen LogP contribution in [0.15, 0.2) is 29.8 Å². The molecule has 1 fully saturated rings. The van der Waals surface area contributed by atoms with E-state index in [0.29, 0.717) is 18.4 Å². The highest BCUT2D eigenvalue weighted by molar-refractivity contribution is 7.91. The van der Waals surface area contributed by atoms with E-state index in [1.165, 1.54) is 4.88 Å². The van der Waals surface area contributed by atoms with Crippen LogP contribution in [-0.4, -0.2) is 37.9 Å². The summed E-state index contributed by atoms with van der Waals surface area (Å²) in [7, 11) is -1.01. The molecule has 3 heterocycles. The minimum atomic E-state index is -2.92. The molecule has 0 aliphatic carbocycles. The minimum Gasteiger partial charge on any atom is -0.366 e. The second-order valence-corrected chi connectivity index (χ2v) is 10.6. The van der Waals surface area contributed by atoms with E-state index in [-0.39, 0.29) is 17.4 Å². The molecule has 1 saturated heterocycles. The quantitative estimate of drug-likeness (QED) is 0.593. The summed E-state index contributed by atoms with van der Waals surface area (Å²) in [5.41, 5.74) is 9.92. The zero-order valence-corrected chi connectivity index (χ0v) is 17.3. The number of carbonyl (C=O) groups excluding carboxylic acids is 1. The van der Waals surface area contributed by atoms with Gasteiger partial charge >= 0.3 is 0 Å². The summed E-state index contributed by atoms with van der Waals surface area (Å²) in [5, 5.41) is 6.18. The summed E-state index contributed by atoms with van der Waals surface area (Å²) in [6, 6.07) is 6.04. The predicted octanol–water partition coefficient (Wildman–Crippen LogP) is 3.01. The number of benzene rings is 1. The molecule has 1 amide bonds. The SMILES string of the molecule is CNCc1cc(-c2cc(C(N)=O)c3[nH]cc(C4CCS(=O)(=O)CC4)c3c2)cs1. The van der Waals surface area contributed by atoms with Gasteiger partial charge in [0.2, 0.25) is 0 Å². The number of nitrogens with one attached hydrogen (secondary N) is 2. The normalized spacial score (nSPS) is 17.2. The zero-order valence-electron chi connectivity index (χ0n) is 15.6. The number of hydrogen-bond acceptors (Lipinski definition) is 5. The second-order valence-electron chi connectivity index (χ2n) is 7.31. The van der Waals surface area contributed by atoms with Crippen molar-refractivity contribution in [1.29, 1.82) is 0 Å². The van der Waals surface area contributed by atoms with Gasteiger partial charge < -0.3 is 16.0 Å². The number of fused-ring (bicyclic) bond motifs is 1. The van der Waals surface area contributed by atoms with Crippen LogP contribution in [0, 0.1) is 0 Å². The highest BCUT2D eigenvalue weighted by atomic mass is 32.2. The Hall–Kier alpha value is -2.16. The van der Waals surface area contributed by atoms with Gasteiger partial charge in [0.25, 0.3) is 5.91 Å². The number of thiophene rings is 1. The average Bonchev–Trinajstić information content (AvgIpc) is 3.28. The standard InChI is InChI=1S/C20H23N3O3S2/c1-22-9-15-6-14(11-27-15)13-7-16-18(12-2-4-28(25,26)5-3-12)10-23-19(16)17(8-13)20(21)24/h6-8,10-12,22-23H,2-5,9H2,1H3,(H2,21,24). The first-order valence-electron chi connectivity index (χ1n) is 9.25. The van der Waals surface area contributed by atoms with Crippen molar-refractivity contribution < 1.29 is 13.2 Å². The van der Waals surface area contributed by atoms with Gasteiger partial charge in [-0.1, -0.05) is 0 Å². The largest absolute Gasteiger partial charge is 0.366 e. The highest BCUT2D eigenvalue weighted by Crippen LogP contribution is 2.37. The fourth-order valence-corrected chi connectivity index (χ4v) is 6.35. The number of primary amides is 1. The van der Waals surface area contributed by atoms with Crippen molar-refractivity contribution in [3.63, 3.8) is 0 Å². The van der Waals surface area contributed by atoms with E-state index in [1.54, 1.807) is 11.3 Å². The van der Waals surface area contributed by atoms with Gasteiger partial charge in [-0.15, -0.1) is 11.3 Å². The van der Waals surface area contributed by atoms with E-state index in [1.807, 2.05) is 19.3 Å². The van der Waals surface area contributed by atoms with Crippen LogP contribution in [0.4, 0.5) is 0 Å². The van der Waals surface area contributed by atoms with E-state index >= 15 is 0 Å². The van der Waals surface area contributed by atoms with Gasteiger partial charge in [-0.3, -0.25) is 4.79 Å². The van der Waals surface area contributed by atoms with Crippen molar-refractivity contribution in [3.05, 3.63) is 45.8 Å². The molecule has 0 saturated carbocycles. The molecule has 28 heavy (non-hydrogen) atoms. The fourth-order valence-electron chi connectivity index (χ4n) is 3.95. The molecule has 0 spiro atoms. The van der Waals surface area contributed by atoms with Crippen LogP contribution in [0.2, 0.25) is 0 Å². The summed E-state index contributed by atoms with van der Waals surface area (Å²) < 4.78 is 23.6. The Labute approximate surface area is 168 Å². The molecule has 1 aliphatic heterocycles. The summed E-state index contributed by atoms with van der Waals surface area (Å²) in [6.07, 6.45) is 3.12. The zero-order chi connectivity index (χ0) is 19.9. The van der Waals surface area contributed by atoms with Crippen LogP contribution in [0.1, 0.15) is 39.6 Å². The third-order valence-electron chi connectivity index (χ3n) is 5.42. The van der Waals surface area contributed by atoms with E-state index in [2.05, 4.69) is 27.8 Å². The predicted molar refractivity (Wildman–Crippen MR) is 114 cm³/mol. The van der Waals surface area contributed by atoms with Crippen LogP contribution in [-0.2, 0) is 16.4 Å². The summed E-state index contributed by atoms with van der Waals surface area (Å²) in [6.45, 7) is 0.793. The third-order valence-corrected chi connectivity index (χ3v) is 8.07. The van der Waals surface area contributed by atoms with E-state index < -0.39 is 15.7 Å². The van der Waals surface area contributed by atoms with Gasteiger partial charge in [-0.2, -0.15) is 0 Å². The lowest BCUT2D eigenvalue weighted by Crippen LogP contribution is -2.22. The number of amides is 1. The first-order valence-corrected chi connectivity index (χ1v) is 12.0. The van der Waals surface area contributed by atoms with Crippen molar-refractivity contribution in [2.75, 3.05) is 18.6 Å². The number of carbonyl (C=O) groups is 1. The molecule has 2 aromatic heterocycles. The van der Waals surface area contributed by atoms with Crippen molar-refractivity contribution in [2.45, 2.75) is 25.3 Å². The summed E-state index contributed by atoms with van der Waals surface area (Å²) in [5.74, 6) is 0.114. The molecule has 8 heteroatoms. The lowest BCUT2D eigenvalue weighted by molar-refractivity contribution is 0.100. The molecule has 148 valence electrons.